The highest BCUT2D eigenvalue weighted by atomic mass is 35.5. The molecule has 0 amide bonds. The van der Waals surface area contributed by atoms with Crippen LogP contribution in [0.2, 0.25) is 20.1 Å². The van der Waals surface area contributed by atoms with Crippen molar-refractivity contribution in [3.8, 4) is 17.2 Å². The lowest BCUT2D eigenvalue weighted by atomic mass is 10.2. The zero-order valence-electron chi connectivity index (χ0n) is 17.0. The molecule has 0 fully saturated rings. The van der Waals surface area contributed by atoms with Gasteiger partial charge in [-0.2, -0.15) is 0 Å². The predicted molar refractivity (Wildman–Crippen MR) is 129 cm³/mol. The monoisotopic (exact) mass is 499 g/mol. The SMILES string of the molecule is CCOc1cc(CNc2ccc(OC)c(Cl)c2)cc(Cl)c1OCc1ccc(Cl)cc1Cl. The molecule has 0 radical (unpaired) electrons. The van der Waals surface area contributed by atoms with Gasteiger partial charge in [-0.05, 0) is 55.0 Å². The first-order chi connectivity index (χ1) is 14.9. The number of hydrogen-bond acceptors (Lipinski definition) is 4. The number of ether oxygens (including phenoxy) is 3. The summed E-state index contributed by atoms with van der Waals surface area (Å²) in [4.78, 5) is 0. The van der Waals surface area contributed by atoms with Gasteiger partial charge in [-0.3, -0.25) is 0 Å². The van der Waals surface area contributed by atoms with Gasteiger partial charge in [0.25, 0.3) is 0 Å². The Balaban J connectivity index is 1.75. The molecule has 0 saturated heterocycles. The van der Waals surface area contributed by atoms with Gasteiger partial charge in [-0.1, -0.05) is 52.5 Å². The van der Waals surface area contributed by atoms with Crippen LogP contribution in [0.15, 0.2) is 48.5 Å². The molecule has 0 saturated carbocycles. The van der Waals surface area contributed by atoms with Gasteiger partial charge in [-0.25, -0.2) is 0 Å². The molecule has 0 atom stereocenters. The van der Waals surface area contributed by atoms with Crippen LogP contribution in [-0.2, 0) is 13.2 Å². The van der Waals surface area contributed by atoms with Crippen LogP contribution in [0, 0.1) is 0 Å². The Bertz CT molecular complexity index is 1060. The second-order valence-corrected chi connectivity index (χ2v) is 8.22. The number of nitrogens with one attached hydrogen (secondary N) is 1. The van der Waals surface area contributed by atoms with E-state index in [-0.39, 0.29) is 6.61 Å². The molecular weight excluding hydrogens is 480 g/mol. The van der Waals surface area contributed by atoms with Crippen LogP contribution in [0.3, 0.4) is 0 Å². The molecule has 0 aromatic heterocycles. The maximum Gasteiger partial charge on any atom is 0.180 e. The van der Waals surface area contributed by atoms with E-state index in [0.29, 0.717) is 50.5 Å². The lowest BCUT2D eigenvalue weighted by molar-refractivity contribution is 0.269. The lowest BCUT2D eigenvalue weighted by Crippen LogP contribution is -2.04. The summed E-state index contributed by atoms with van der Waals surface area (Å²) in [5.74, 6) is 1.65. The van der Waals surface area contributed by atoms with Gasteiger partial charge >= 0.3 is 0 Å². The van der Waals surface area contributed by atoms with Gasteiger partial charge in [0.05, 0.1) is 23.8 Å². The number of halogens is 4. The molecule has 1 N–H and O–H groups in total. The molecule has 8 heteroatoms. The van der Waals surface area contributed by atoms with Crippen molar-refractivity contribution in [2.45, 2.75) is 20.1 Å². The van der Waals surface area contributed by atoms with Crippen molar-refractivity contribution in [1.82, 2.24) is 0 Å². The maximum atomic E-state index is 6.52. The normalized spacial score (nSPS) is 10.6. The smallest absolute Gasteiger partial charge is 0.180 e. The van der Waals surface area contributed by atoms with Gasteiger partial charge in [0.2, 0.25) is 0 Å². The van der Waals surface area contributed by atoms with E-state index in [9.17, 15) is 0 Å². The fraction of sp³-hybridized carbons (Fsp3) is 0.217. The molecule has 4 nitrogen and oxygen atoms in total. The van der Waals surface area contributed by atoms with E-state index in [1.807, 2.05) is 37.3 Å². The molecule has 164 valence electrons. The molecule has 0 aliphatic rings. The first-order valence-electron chi connectivity index (χ1n) is 9.50. The number of methoxy groups -OCH3 is 1. The van der Waals surface area contributed by atoms with E-state index in [1.165, 1.54) is 0 Å². The Hall–Kier alpha value is -1.98. The Morgan fingerprint density at radius 3 is 2.29 bits per heavy atom. The number of benzene rings is 3. The van der Waals surface area contributed by atoms with Crippen LogP contribution in [-0.4, -0.2) is 13.7 Å². The highest BCUT2D eigenvalue weighted by molar-refractivity contribution is 6.35. The molecule has 0 bridgehead atoms. The predicted octanol–water partition coefficient (Wildman–Crippen LogP) is 7.90. The van der Waals surface area contributed by atoms with Crippen molar-refractivity contribution in [2.24, 2.45) is 0 Å². The van der Waals surface area contributed by atoms with Crippen LogP contribution >= 0.6 is 46.4 Å². The second-order valence-electron chi connectivity index (χ2n) is 6.57. The topological polar surface area (TPSA) is 39.7 Å². The third kappa shape index (κ3) is 6.27. The van der Waals surface area contributed by atoms with E-state index in [1.54, 1.807) is 25.3 Å². The quantitative estimate of drug-likeness (QED) is 0.324. The van der Waals surface area contributed by atoms with Gasteiger partial charge in [0.15, 0.2) is 11.5 Å². The van der Waals surface area contributed by atoms with Gasteiger partial charge in [-0.15, -0.1) is 0 Å². The number of rotatable bonds is 9. The van der Waals surface area contributed by atoms with Crippen molar-refractivity contribution in [1.29, 1.82) is 0 Å². The fourth-order valence-corrected chi connectivity index (χ4v) is 3.90. The van der Waals surface area contributed by atoms with Crippen molar-refractivity contribution in [3.63, 3.8) is 0 Å². The van der Waals surface area contributed by atoms with E-state index in [2.05, 4.69) is 5.32 Å². The zero-order chi connectivity index (χ0) is 22.4. The third-order valence-corrected chi connectivity index (χ3v) is 5.57. The molecule has 31 heavy (non-hydrogen) atoms. The van der Waals surface area contributed by atoms with Crippen LogP contribution in [0.5, 0.6) is 17.2 Å². The van der Waals surface area contributed by atoms with Crippen LogP contribution in [0.4, 0.5) is 5.69 Å². The van der Waals surface area contributed by atoms with E-state index < -0.39 is 0 Å². The van der Waals surface area contributed by atoms with Crippen LogP contribution < -0.4 is 19.5 Å². The van der Waals surface area contributed by atoms with Crippen LogP contribution in [0.1, 0.15) is 18.1 Å². The highest BCUT2D eigenvalue weighted by Crippen LogP contribution is 2.38. The molecular formula is C23H21Cl4NO3. The molecule has 0 spiro atoms. The lowest BCUT2D eigenvalue weighted by Gasteiger charge is -2.16. The summed E-state index contributed by atoms with van der Waals surface area (Å²) in [5.41, 5.74) is 2.58. The molecule has 3 rings (SSSR count). The van der Waals surface area contributed by atoms with Crippen molar-refractivity contribution >= 4 is 52.1 Å². The Morgan fingerprint density at radius 1 is 0.806 bits per heavy atom. The molecule has 3 aromatic rings. The summed E-state index contributed by atoms with van der Waals surface area (Å²) in [6.45, 7) is 3.13. The first kappa shape index (κ1) is 23.7. The zero-order valence-corrected chi connectivity index (χ0v) is 20.0. The standard InChI is InChI=1S/C23H21Cl4NO3/c1-3-30-22-9-14(12-28-17-6-7-21(29-2)19(26)11-17)8-20(27)23(22)31-13-15-4-5-16(24)10-18(15)25/h4-11,28H,3,12-13H2,1-2H3. The summed E-state index contributed by atoms with van der Waals surface area (Å²) in [7, 11) is 1.58. The fourth-order valence-electron chi connectivity index (χ4n) is 2.90. The third-order valence-electron chi connectivity index (χ3n) is 4.40. The molecule has 3 aromatic carbocycles. The summed E-state index contributed by atoms with van der Waals surface area (Å²) in [6.07, 6.45) is 0. The summed E-state index contributed by atoms with van der Waals surface area (Å²) in [6, 6.07) is 14.5. The Morgan fingerprint density at radius 2 is 1.61 bits per heavy atom. The molecule has 0 aliphatic heterocycles. The minimum atomic E-state index is 0.234. The minimum Gasteiger partial charge on any atom is -0.495 e. The maximum absolute atomic E-state index is 6.52. The van der Waals surface area contributed by atoms with Gasteiger partial charge < -0.3 is 19.5 Å². The van der Waals surface area contributed by atoms with Crippen molar-refractivity contribution < 1.29 is 14.2 Å². The molecule has 0 aliphatic carbocycles. The number of anilines is 1. The first-order valence-corrected chi connectivity index (χ1v) is 11.0. The largest absolute Gasteiger partial charge is 0.495 e. The Kier molecular flexibility index (Phi) is 8.44. The second kappa shape index (κ2) is 11.1. The molecule has 0 unspecified atom stereocenters. The number of hydrogen-bond donors (Lipinski definition) is 1. The highest BCUT2D eigenvalue weighted by Gasteiger charge is 2.14. The van der Waals surface area contributed by atoms with Gasteiger partial charge in [0, 0.05) is 27.8 Å². The average molecular weight is 501 g/mol. The minimum absolute atomic E-state index is 0.234. The van der Waals surface area contributed by atoms with E-state index in [0.717, 1.165) is 16.8 Å². The molecule has 0 heterocycles. The summed E-state index contributed by atoms with van der Waals surface area (Å²) in [5, 5.41) is 5.39. The average Bonchev–Trinajstić information content (AvgIpc) is 2.73. The van der Waals surface area contributed by atoms with Crippen molar-refractivity contribution in [3.05, 3.63) is 79.7 Å². The van der Waals surface area contributed by atoms with Crippen molar-refractivity contribution in [2.75, 3.05) is 19.0 Å². The van der Waals surface area contributed by atoms with E-state index >= 15 is 0 Å². The summed E-state index contributed by atoms with van der Waals surface area (Å²) >= 11 is 24.9. The van der Waals surface area contributed by atoms with Gasteiger partial charge in [0.1, 0.15) is 12.4 Å². The van der Waals surface area contributed by atoms with Crippen LogP contribution in [0.25, 0.3) is 0 Å². The Labute approximate surface area is 201 Å². The summed E-state index contributed by atoms with van der Waals surface area (Å²) < 4.78 is 16.9. The van der Waals surface area contributed by atoms with E-state index in [4.69, 9.17) is 60.6 Å².